The zero-order valence-corrected chi connectivity index (χ0v) is 13.2. The lowest BCUT2D eigenvalue weighted by Crippen LogP contribution is -2.00. The third kappa shape index (κ3) is 3.74. The van der Waals surface area contributed by atoms with E-state index in [2.05, 4.69) is 21.2 Å². The second-order valence-corrected chi connectivity index (χ2v) is 5.86. The molecule has 20 heavy (non-hydrogen) atoms. The number of anilines is 1. The van der Waals surface area contributed by atoms with E-state index in [9.17, 15) is 10.1 Å². The van der Waals surface area contributed by atoms with Gasteiger partial charge < -0.3 is 5.32 Å². The molecule has 0 saturated carbocycles. The summed E-state index contributed by atoms with van der Waals surface area (Å²) in [4.78, 5) is 11.7. The van der Waals surface area contributed by atoms with E-state index in [0.717, 1.165) is 11.3 Å². The smallest absolute Gasteiger partial charge is 0.283 e. The Morgan fingerprint density at radius 2 is 1.95 bits per heavy atom. The fourth-order valence-corrected chi connectivity index (χ4v) is 2.52. The third-order valence-corrected chi connectivity index (χ3v) is 4.21. The van der Waals surface area contributed by atoms with Crippen molar-refractivity contribution in [1.29, 1.82) is 0 Å². The largest absolute Gasteiger partial charge is 0.381 e. The minimum Gasteiger partial charge on any atom is -0.381 e. The Morgan fingerprint density at radius 1 is 1.25 bits per heavy atom. The van der Waals surface area contributed by atoms with Gasteiger partial charge in [0.25, 0.3) is 5.69 Å². The Labute approximate surface area is 129 Å². The molecule has 0 fully saturated rings. The number of nitrogens with zero attached hydrogens (tertiary/aromatic N) is 1. The number of nitro benzene ring substituents is 1. The van der Waals surface area contributed by atoms with Gasteiger partial charge in [-0.15, -0.1) is 11.8 Å². The van der Waals surface area contributed by atoms with Crippen molar-refractivity contribution in [2.24, 2.45) is 0 Å². The second-order valence-electron chi connectivity index (χ2n) is 4.12. The van der Waals surface area contributed by atoms with E-state index in [4.69, 9.17) is 0 Å². The van der Waals surface area contributed by atoms with Crippen LogP contribution in [0.5, 0.6) is 0 Å². The van der Waals surface area contributed by atoms with Crippen molar-refractivity contribution in [2.45, 2.75) is 11.4 Å². The van der Waals surface area contributed by atoms with Crippen LogP contribution in [0.15, 0.2) is 51.8 Å². The molecule has 0 unspecified atom stereocenters. The summed E-state index contributed by atoms with van der Waals surface area (Å²) < 4.78 is 0.496. The normalized spacial score (nSPS) is 10.3. The van der Waals surface area contributed by atoms with Crippen LogP contribution >= 0.6 is 27.7 Å². The average molecular weight is 353 g/mol. The Hall–Kier alpha value is -1.53. The van der Waals surface area contributed by atoms with E-state index < -0.39 is 0 Å². The SMILES string of the molecule is CSc1ccc(NCc2ccc(Br)c([N+](=O)[O-])c2)cc1. The number of hydrogen-bond donors (Lipinski definition) is 1. The fraction of sp³-hybridized carbons (Fsp3) is 0.143. The van der Waals surface area contributed by atoms with Crippen LogP contribution in [0.25, 0.3) is 0 Å². The predicted molar refractivity (Wildman–Crippen MR) is 86.3 cm³/mol. The number of nitro groups is 1. The van der Waals surface area contributed by atoms with Gasteiger partial charge in [0.2, 0.25) is 0 Å². The van der Waals surface area contributed by atoms with Gasteiger partial charge in [0, 0.05) is 23.2 Å². The van der Waals surface area contributed by atoms with E-state index in [1.54, 1.807) is 23.9 Å². The number of hydrogen-bond acceptors (Lipinski definition) is 4. The van der Waals surface area contributed by atoms with Gasteiger partial charge in [-0.25, -0.2) is 0 Å². The molecule has 0 heterocycles. The van der Waals surface area contributed by atoms with Crippen LogP contribution in [-0.2, 0) is 6.54 Å². The van der Waals surface area contributed by atoms with E-state index in [-0.39, 0.29) is 10.6 Å². The lowest BCUT2D eigenvalue weighted by Gasteiger charge is -2.07. The molecule has 0 aliphatic carbocycles. The highest BCUT2D eigenvalue weighted by atomic mass is 79.9. The van der Waals surface area contributed by atoms with Crippen molar-refractivity contribution in [3.05, 3.63) is 62.6 Å². The molecule has 2 aromatic carbocycles. The van der Waals surface area contributed by atoms with Crippen LogP contribution < -0.4 is 5.32 Å². The lowest BCUT2D eigenvalue weighted by molar-refractivity contribution is -0.385. The molecule has 0 aromatic heterocycles. The minimum atomic E-state index is -0.388. The number of thioether (sulfide) groups is 1. The van der Waals surface area contributed by atoms with Gasteiger partial charge in [-0.3, -0.25) is 10.1 Å². The topological polar surface area (TPSA) is 55.2 Å². The summed E-state index contributed by atoms with van der Waals surface area (Å²) in [6, 6.07) is 13.2. The van der Waals surface area contributed by atoms with E-state index in [0.29, 0.717) is 11.0 Å². The van der Waals surface area contributed by atoms with Crippen molar-refractivity contribution in [1.82, 2.24) is 0 Å². The molecule has 0 aliphatic heterocycles. The summed E-state index contributed by atoms with van der Waals surface area (Å²) in [5, 5.41) is 14.1. The molecule has 0 spiro atoms. The van der Waals surface area contributed by atoms with Crippen molar-refractivity contribution in [2.75, 3.05) is 11.6 Å². The molecule has 6 heteroatoms. The van der Waals surface area contributed by atoms with Crippen molar-refractivity contribution in [3.8, 4) is 0 Å². The molecule has 2 aromatic rings. The van der Waals surface area contributed by atoms with Gasteiger partial charge in [0.1, 0.15) is 0 Å². The highest BCUT2D eigenvalue weighted by molar-refractivity contribution is 9.10. The van der Waals surface area contributed by atoms with E-state index >= 15 is 0 Å². The van der Waals surface area contributed by atoms with Crippen molar-refractivity contribution in [3.63, 3.8) is 0 Å². The number of benzene rings is 2. The minimum absolute atomic E-state index is 0.0852. The summed E-state index contributed by atoms with van der Waals surface area (Å²) >= 11 is 4.87. The molecule has 0 bridgehead atoms. The van der Waals surface area contributed by atoms with Gasteiger partial charge >= 0.3 is 0 Å². The summed E-state index contributed by atoms with van der Waals surface area (Å²) in [6.07, 6.45) is 2.03. The number of halogens is 1. The molecule has 0 atom stereocenters. The van der Waals surface area contributed by atoms with Crippen molar-refractivity contribution >= 4 is 39.1 Å². The van der Waals surface area contributed by atoms with Gasteiger partial charge in [0.15, 0.2) is 0 Å². The number of rotatable bonds is 5. The molecular formula is C14H13BrN2O2S. The first kappa shape index (κ1) is 14.9. The van der Waals surface area contributed by atoms with Gasteiger partial charge in [-0.2, -0.15) is 0 Å². The first-order chi connectivity index (χ1) is 9.60. The fourth-order valence-electron chi connectivity index (χ4n) is 1.72. The van der Waals surface area contributed by atoms with Crippen LogP contribution in [0.1, 0.15) is 5.56 Å². The molecule has 1 N–H and O–H groups in total. The molecule has 0 saturated heterocycles. The summed E-state index contributed by atoms with van der Waals surface area (Å²) in [6.45, 7) is 0.548. The Bertz CT molecular complexity index is 617. The molecule has 104 valence electrons. The quantitative estimate of drug-likeness (QED) is 0.481. The molecular weight excluding hydrogens is 340 g/mol. The Kier molecular flexibility index (Phi) is 5.03. The Balaban J connectivity index is 2.06. The highest BCUT2D eigenvalue weighted by Gasteiger charge is 2.11. The number of nitrogens with one attached hydrogen (secondary N) is 1. The first-order valence-electron chi connectivity index (χ1n) is 5.91. The second kappa shape index (κ2) is 6.76. The zero-order chi connectivity index (χ0) is 14.5. The van der Waals surface area contributed by atoms with E-state index in [1.165, 1.54) is 4.90 Å². The molecule has 0 amide bonds. The van der Waals surface area contributed by atoms with E-state index in [1.807, 2.05) is 36.6 Å². The average Bonchev–Trinajstić information content (AvgIpc) is 2.46. The standard InChI is InChI=1S/C14H13BrN2O2S/c1-20-12-5-3-11(4-6-12)16-9-10-2-7-13(15)14(8-10)17(18)19/h2-8,16H,9H2,1H3. The Morgan fingerprint density at radius 3 is 2.55 bits per heavy atom. The van der Waals surface area contributed by atoms with Gasteiger partial charge in [-0.05, 0) is 58.1 Å². The highest BCUT2D eigenvalue weighted by Crippen LogP contribution is 2.26. The molecule has 2 rings (SSSR count). The molecule has 0 radical (unpaired) electrons. The van der Waals surface area contributed by atoms with Gasteiger partial charge in [-0.1, -0.05) is 6.07 Å². The lowest BCUT2D eigenvalue weighted by atomic mass is 10.2. The van der Waals surface area contributed by atoms with Crippen molar-refractivity contribution < 1.29 is 4.92 Å². The molecule has 4 nitrogen and oxygen atoms in total. The first-order valence-corrected chi connectivity index (χ1v) is 7.92. The summed E-state index contributed by atoms with van der Waals surface area (Å²) in [5.74, 6) is 0. The monoisotopic (exact) mass is 352 g/mol. The van der Waals surface area contributed by atoms with Crippen LogP contribution in [-0.4, -0.2) is 11.2 Å². The maximum Gasteiger partial charge on any atom is 0.283 e. The maximum absolute atomic E-state index is 10.9. The zero-order valence-electron chi connectivity index (χ0n) is 10.8. The van der Waals surface area contributed by atoms with Crippen LogP contribution in [0.2, 0.25) is 0 Å². The summed E-state index contributed by atoms with van der Waals surface area (Å²) in [5.41, 5.74) is 1.95. The predicted octanol–water partition coefficient (Wildman–Crippen LogP) is 4.69. The van der Waals surface area contributed by atoms with Crippen LogP contribution in [0.4, 0.5) is 11.4 Å². The maximum atomic E-state index is 10.9. The van der Waals surface area contributed by atoms with Crippen LogP contribution in [0.3, 0.4) is 0 Å². The summed E-state index contributed by atoms with van der Waals surface area (Å²) in [7, 11) is 0. The van der Waals surface area contributed by atoms with Gasteiger partial charge in [0.05, 0.1) is 9.40 Å². The van der Waals surface area contributed by atoms with Crippen LogP contribution in [0, 0.1) is 10.1 Å². The molecule has 0 aliphatic rings. The third-order valence-electron chi connectivity index (χ3n) is 2.79.